The van der Waals surface area contributed by atoms with Gasteiger partial charge >= 0.3 is 0 Å². The number of rotatable bonds is 5. The minimum Gasteiger partial charge on any atom is -0.308 e. The van der Waals surface area contributed by atoms with Crippen LogP contribution in [0.4, 0.5) is 0 Å². The van der Waals surface area contributed by atoms with Crippen molar-refractivity contribution in [1.29, 1.82) is 0 Å². The Balaban J connectivity index is 2.00. The monoisotopic (exact) mass is 300 g/mol. The average Bonchev–Trinajstić information content (AvgIpc) is 2.69. The second-order valence-corrected chi connectivity index (χ2v) is 7.83. The number of nitrogens with one attached hydrogen (secondary N) is 1. The van der Waals surface area contributed by atoms with Crippen molar-refractivity contribution in [2.24, 2.45) is 5.92 Å². The van der Waals surface area contributed by atoms with E-state index >= 15 is 0 Å². The lowest BCUT2D eigenvalue weighted by Gasteiger charge is -2.31. The zero-order chi connectivity index (χ0) is 14.0. The Morgan fingerprint density at radius 3 is 2.84 bits per heavy atom. The molecule has 0 aliphatic heterocycles. The first-order chi connectivity index (χ1) is 8.99. The topological polar surface area (TPSA) is 15.3 Å². The summed E-state index contributed by atoms with van der Waals surface area (Å²) in [7, 11) is 4.33. The van der Waals surface area contributed by atoms with Crippen LogP contribution in [0.3, 0.4) is 0 Å². The Hall–Kier alpha value is -0.0900. The van der Waals surface area contributed by atoms with E-state index in [2.05, 4.69) is 44.2 Å². The average molecular weight is 301 g/mol. The predicted octanol–water partition coefficient (Wildman–Crippen LogP) is 3.95. The van der Waals surface area contributed by atoms with Crippen molar-refractivity contribution in [1.82, 2.24) is 10.2 Å². The Labute approximate surface area is 126 Å². The van der Waals surface area contributed by atoms with Gasteiger partial charge in [-0.15, -0.1) is 11.3 Å². The van der Waals surface area contributed by atoms with Gasteiger partial charge in [-0.05, 0) is 50.9 Å². The number of nitrogens with zero attached hydrogens (tertiary/aromatic N) is 1. The molecule has 2 atom stereocenters. The van der Waals surface area contributed by atoms with Crippen LogP contribution in [0.2, 0.25) is 4.34 Å². The van der Waals surface area contributed by atoms with Crippen LogP contribution in [0.5, 0.6) is 0 Å². The van der Waals surface area contributed by atoms with Crippen molar-refractivity contribution in [3.8, 4) is 0 Å². The van der Waals surface area contributed by atoms with E-state index in [9.17, 15) is 0 Å². The van der Waals surface area contributed by atoms with Gasteiger partial charge in [0.15, 0.2) is 0 Å². The molecule has 0 saturated heterocycles. The Bertz CT molecular complexity index is 406. The second-order valence-electron chi connectivity index (χ2n) is 6.06. The highest BCUT2D eigenvalue weighted by atomic mass is 35.5. The maximum Gasteiger partial charge on any atom is 0.0934 e. The molecule has 1 aliphatic carbocycles. The summed E-state index contributed by atoms with van der Waals surface area (Å²) in [5, 5.41) is 3.76. The van der Waals surface area contributed by atoms with Crippen LogP contribution >= 0.6 is 22.9 Å². The maximum atomic E-state index is 6.16. The third-order valence-corrected chi connectivity index (χ3v) is 5.43. The zero-order valence-corrected chi connectivity index (χ0v) is 13.9. The summed E-state index contributed by atoms with van der Waals surface area (Å²) in [6.45, 7) is 5.63. The first kappa shape index (κ1) is 15.3. The van der Waals surface area contributed by atoms with E-state index in [0.29, 0.717) is 18.0 Å². The minimum absolute atomic E-state index is 0.494. The Morgan fingerprint density at radius 1 is 1.47 bits per heavy atom. The largest absolute Gasteiger partial charge is 0.308 e. The number of likely N-dealkylation sites (N-methyl/N-ethyl adjacent to an activating group) is 1. The summed E-state index contributed by atoms with van der Waals surface area (Å²) in [5.74, 6) is 0.664. The van der Waals surface area contributed by atoms with Crippen molar-refractivity contribution in [3.63, 3.8) is 0 Å². The van der Waals surface area contributed by atoms with Gasteiger partial charge in [0.1, 0.15) is 0 Å². The summed E-state index contributed by atoms with van der Waals surface area (Å²) in [6.07, 6.45) is 3.71. The van der Waals surface area contributed by atoms with E-state index in [1.807, 2.05) is 0 Å². The molecule has 4 heteroatoms. The van der Waals surface area contributed by atoms with Gasteiger partial charge < -0.3 is 10.2 Å². The van der Waals surface area contributed by atoms with Gasteiger partial charge in [-0.3, -0.25) is 0 Å². The van der Waals surface area contributed by atoms with Gasteiger partial charge in [0.2, 0.25) is 0 Å². The summed E-state index contributed by atoms with van der Waals surface area (Å²) >= 11 is 7.92. The molecule has 1 N–H and O–H groups in total. The van der Waals surface area contributed by atoms with Crippen LogP contribution < -0.4 is 5.32 Å². The first-order valence-corrected chi connectivity index (χ1v) is 8.36. The van der Waals surface area contributed by atoms with Crippen LogP contribution in [-0.4, -0.2) is 31.6 Å². The Kier molecular flexibility index (Phi) is 5.29. The van der Waals surface area contributed by atoms with Crippen molar-refractivity contribution < 1.29 is 0 Å². The van der Waals surface area contributed by atoms with Crippen molar-refractivity contribution in [2.45, 2.75) is 45.2 Å². The molecule has 0 amide bonds. The third kappa shape index (κ3) is 3.72. The molecule has 0 aromatic carbocycles. The highest BCUT2D eigenvalue weighted by Gasteiger charge is 2.24. The van der Waals surface area contributed by atoms with Gasteiger partial charge in [-0.2, -0.15) is 0 Å². The normalized spacial score (nSPS) is 20.9. The molecule has 2 unspecified atom stereocenters. The fraction of sp³-hybridized carbons (Fsp3) is 0.733. The van der Waals surface area contributed by atoms with Gasteiger partial charge in [0.05, 0.1) is 4.34 Å². The number of fused-ring (bicyclic) bond motifs is 1. The predicted molar refractivity (Wildman–Crippen MR) is 85.3 cm³/mol. The summed E-state index contributed by atoms with van der Waals surface area (Å²) in [5.41, 5.74) is 1.45. The van der Waals surface area contributed by atoms with Gasteiger partial charge in [-0.25, -0.2) is 0 Å². The highest BCUT2D eigenvalue weighted by Crippen LogP contribution is 2.37. The molecule has 2 rings (SSSR count). The van der Waals surface area contributed by atoms with Crippen LogP contribution in [0.15, 0.2) is 6.07 Å². The molecule has 0 saturated carbocycles. The van der Waals surface area contributed by atoms with E-state index in [1.54, 1.807) is 11.3 Å². The molecule has 2 nitrogen and oxygen atoms in total. The fourth-order valence-electron chi connectivity index (χ4n) is 3.01. The van der Waals surface area contributed by atoms with E-state index in [-0.39, 0.29) is 0 Å². The number of halogens is 1. The van der Waals surface area contributed by atoms with Crippen LogP contribution in [0, 0.1) is 5.92 Å². The molecule has 108 valence electrons. The maximum absolute atomic E-state index is 6.16. The molecule has 1 aromatic heterocycles. The lowest BCUT2D eigenvalue weighted by molar-refractivity contribution is 0.216. The minimum atomic E-state index is 0.494. The standard InChI is InChI=1S/C15H25ClN2S/c1-10(2)13(18(3)4)9-17-12-6-5-7-14-11(12)8-15(16)19-14/h8,10,12-13,17H,5-7,9H2,1-4H3. The zero-order valence-electron chi connectivity index (χ0n) is 12.4. The fourth-order valence-corrected chi connectivity index (χ4v) is 4.39. The molecule has 0 spiro atoms. The summed E-state index contributed by atoms with van der Waals surface area (Å²) in [4.78, 5) is 3.81. The molecule has 0 fully saturated rings. The molecule has 0 bridgehead atoms. The van der Waals surface area contributed by atoms with Crippen molar-refractivity contribution in [2.75, 3.05) is 20.6 Å². The number of hydrogen-bond donors (Lipinski definition) is 1. The number of thiophene rings is 1. The second kappa shape index (κ2) is 6.57. The smallest absolute Gasteiger partial charge is 0.0934 e. The molecular weight excluding hydrogens is 276 g/mol. The van der Waals surface area contributed by atoms with Crippen molar-refractivity contribution in [3.05, 3.63) is 20.8 Å². The molecular formula is C15H25ClN2S. The molecule has 1 aromatic rings. The molecule has 19 heavy (non-hydrogen) atoms. The Morgan fingerprint density at radius 2 is 2.21 bits per heavy atom. The summed E-state index contributed by atoms with van der Waals surface area (Å²) in [6, 6.07) is 3.24. The number of aryl methyl sites for hydroxylation is 1. The number of hydrogen-bond acceptors (Lipinski definition) is 3. The molecule has 1 aliphatic rings. The lowest BCUT2D eigenvalue weighted by atomic mass is 9.93. The van der Waals surface area contributed by atoms with Crippen molar-refractivity contribution >= 4 is 22.9 Å². The van der Waals surface area contributed by atoms with E-state index < -0.39 is 0 Å². The summed E-state index contributed by atoms with van der Waals surface area (Å²) < 4.78 is 0.937. The van der Waals surface area contributed by atoms with E-state index in [1.165, 1.54) is 29.7 Å². The quantitative estimate of drug-likeness (QED) is 0.885. The van der Waals surface area contributed by atoms with Gasteiger partial charge in [-0.1, -0.05) is 25.4 Å². The van der Waals surface area contributed by atoms with Crippen LogP contribution in [0.1, 0.15) is 43.2 Å². The van der Waals surface area contributed by atoms with Crippen LogP contribution in [-0.2, 0) is 6.42 Å². The first-order valence-electron chi connectivity index (χ1n) is 7.17. The lowest BCUT2D eigenvalue weighted by Crippen LogP contribution is -2.42. The highest BCUT2D eigenvalue weighted by molar-refractivity contribution is 7.16. The molecule has 0 radical (unpaired) electrons. The van der Waals surface area contributed by atoms with E-state index in [4.69, 9.17) is 11.6 Å². The van der Waals surface area contributed by atoms with Gasteiger partial charge in [0.25, 0.3) is 0 Å². The van der Waals surface area contributed by atoms with Gasteiger partial charge in [0, 0.05) is 23.5 Å². The SMILES string of the molecule is CC(C)C(CNC1CCCc2sc(Cl)cc21)N(C)C. The van der Waals surface area contributed by atoms with E-state index in [0.717, 1.165) is 10.9 Å². The molecule has 1 heterocycles. The third-order valence-electron chi connectivity index (χ3n) is 4.09. The van der Waals surface area contributed by atoms with Crippen LogP contribution in [0.25, 0.3) is 0 Å².